The van der Waals surface area contributed by atoms with E-state index in [0.717, 1.165) is 44.9 Å². The lowest BCUT2D eigenvalue weighted by molar-refractivity contribution is -0.193. The molecule has 13 atom stereocenters. The minimum absolute atomic E-state index is 0.0190. The number of nitrogens with zero attached hydrogens (tertiary/aromatic N) is 2. The van der Waals surface area contributed by atoms with Gasteiger partial charge in [0.2, 0.25) is 11.8 Å². The van der Waals surface area contributed by atoms with Crippen LogP contribution in [0.25, 0.3) is 0 Å². The SMILES string of the molecule is CNC(=O)C1CC(C2CCCC(CN3O[C@@H](CO)[C@@H](C(C)=O)[C@H]3C(=O)N[C@H]3C[C@H]4C[C@@H]([C@@H]3C)C4(C)C)C2OC)CC(N(C)C)C1. The van der Waals surface area contributed by atoms with Gasteiger partial charge >= 0.3 is 0 Å². The molecule has 6 aliphatic rings. The van der Waals surface area contributed by atoms with Crippen molar-refractivity contribution in [2.45, 2.75) is 109 Å². The van der Waals surface area contributed by atoms with Gasteiger partial charge in [-0.05, 0) is 101 Å². The van der Waals surface area contributed by atoms with E-state index in [-0.39, 0.29) is 54.1 Å². The molecule has 1 saturated heterocycles. The molecule has 5 saturated carbocycles. The van der Waals surface area contributed by atoms with Gasteiger partial charge in [-0.1, -0.05) is 27.2 Å². The van der Waals surface area contributed by atoms with Crippen LogP contribution in [0.2, 0.25) is 0 Å². The molecular formula is C35H60N4O6. The highest BCUT2D eigenvalue weighted by molar-refractivity contribution is 5.91. The molecule has 10 nitrogen and oxygen atoms in total. The molecule has 0 aromatic heterocycles. The van der Waals surface area contributed by atoms with E-state index in [1.165, 1.54) is 13.3 Å². The molecule has 6 rings (SSSR count). The fourth-order valence-electron chi connectivity index (χ4n) is 10.5. The highest BCUT2D eigenvalue weighted by Crippen LogP contribution is 2.61. The van der Waals surface area contributed by atoms with Crippen LogP contribution in [0.15, 0.2) is 0 Å². The first-order valence-electron chi connectivity index (χ1n) is 17.6. The Balaban J connectivity index is 1.33. The Hall–Kier alpha value is -1.59. The third-order valence-corrected chi connectivity index (χ3v) is 13.3. The van der Waals surface area contributed by atoms with Crippen molar-refractivity contribution in [2.75, 3.05) is 41.4 Å². The highest BCUT2D eigenvalue weighted by Gasteiger charge is 2.58. The van der Waals surface area contributed by atoms with Crippen LogP contribution < -0.4 is 10.6 Å². The summed E-state index contributed by atoms with van der Waals surface area (Å²) < 4.78 is 6.28. The molecule has 1 aliphatic heterocycles. The maximum Gasteiger partial charge on any atom is 0.240 e. The Morgan fingerprint density at radius 2 is 1.80 bits per heavy atom. The zero-order valence-corrected chi connectivity index (χ0v) is 29.0. The molecule has 5 aliphatic carbocycles. The van der Waals surface area contributed by atoms with Crippen LogP contribution >= 0.6 is 0 Å². The van der Waals surface area contributed by atoms with Crippen molar-refractivity contribution in [3.8, 4) is 0 Å². The van der Waals surface area contributed by atoms with E-state index in [1.54, 1.807) is 19.2 Å². The lowest BCUT2D eigenvalue weighted by atomic mass is 9.45. The van der Waals surface area contributed by atoms with Gasteiger partial charge in [-0.25, -0.2) is 0 Å². The van der Waals surface area contributed by atoms with E-state index in [2.05, 4.69) is 50.4 Å². The van der Waals surface area contributed by atoms with E-state index in [9.17, 15) is 19.5 Å². The third-order valence-electron chi connectivity index (χ3n) is 13.3. The molecule has 6 unspecified atom stereocenters. The second-order valence-corrected chi connectivity index (χ2v) is 16.0. The Kier molecular flexibility index (Phi) is 10.7. The van der Waals surface area contributed by atoms with E-state index in [1.807, 2.05) is 0 Å². The number of hydrogen-bond acceptors (Lipinski definition) is 8. The number of aliphatic hydroxyl groups excluding tert-OH is 1. The lowest BCUT2D eigenvalue weighted by Crippen LogP contribution is -2.62. The van der Waals surface area contributed by atoms with Gasteiger partial charge in [0.25, 0.3) is 0 Å². The zero-order valence-electron chi connectivity index (χ0n) is 29.0. The molecule has 6 fully saturated rings. The number of carbonyl (C=O) groups is 3. The number of Topliss-reactive ketones (excluding diaryl/α,β-unsaturated/α-hetero) is 1. The van der Waals surface area contributed by atoms with Crippen molar-refractivity contribution in [3.63, 3.8) is 0 Å². The lowest BCUT2D eigenvalue weighted by Gasteiger charge is -2.62. The van der Waals surface area contributed by atoms with E-state index >= 15 is 0 Å². The van der Waals surface area contributed by atoms with Crippen LogP contribution in [-0.4, -0.2) is 104 Å². The maximum absolute atomic E-state index is 14.1. The third kappa shape index (κ3) is 6.60. The first-order chi connectivity index (χ1) is 21.3. The number of ketones is 1. The van der Waals surface area contributed by atoms with Gasteiger partial charge in [-0.3, -0.25) is 19.2 Å². The van der Waals surface area contributed by atoms with Gasteiger partial charge < -0.3 is 25.4 Å². The molecule has 2 amide bonds. The summed E-state index contributed by atoms with van der Waals surface area (Å²) in [4.78, 5) is 48.4. The Bertz CT molecular complexity index is 1080. The molecule has 45 heavy (non-hydrogen) atoms. The number of hydrogen-bond donors (Lipinski definition) is 3. The summed E-state index contributed by atoms with van der Waals surface area (Å²) in [5.41, 5.74) is 0.311. The largest absolute Gasteiger partial charge is 0.394 e. The summed E-state index contributed by atoms with van der Waals surface area (Å²) >= 11 is 0. The number of aliphatic hydroxyl groups is 1. The first-order valence-corrected chi connectivity index (χ1v) is 17.6. The average molecular weight is 633 g/mol. The summed E-state index contributed by atoms with van der Waals surface area (Å²) in [6.45, 7) is 8.58. The Labute approximate surface area is 270 Å². The molecule has 10 heteroatoms. The number of methoxy groups -OCH3 is 1. The number of rotatable bonds is 10. The summed E-state index contributed by atoms with van der Waals surface area (Å²) in [5, 5.41) is 18.2. The standard InChI is InChI=1S/C35H60N4O6/c1-19-27-15-24(35(27,3)4)16-28(19)37-34(43)31-30(20(2)41)29(18-40)45-39(31)17-21-10-9-11-26(32(21)44-8)22-12-23(33(42)36-5)14-25(13-22)38(6)7/h19,21-32,40H,9-18H2,1-8H3,(H,36,42)(H,37,43)/t19-,21?,22?,23?,24+,25?,26?,27-,28-,29-,30+,31-,32?/m0/s1. The van der Waals surface area contributed by atoms with Gasteiger partial charge in [-0.15, -0.1) is 0 Å². The first kappa shape index (κ1) is 34.7. The van der Waals surface area contributed by atoms with E-state index in [0.29, 0.717) is 41.7 Å². The molecule has 0 aromatic carbocycles. The second-order valence-electron chi connectivity index (χ2n) is 16.0. The number of hydroxylamine groups is 2. The molecule has 2 bridgehead atoms. The van der Waals surface area contributed by atoms with Crippen molar-refractivity contribution in [1.29, 1.82) is 0 Å². The van der Waals surface area contributed by atoms with Gasteiger partial charge in [0.05, 0.1) is 18.6 Å². The van der Waals surface area contributed by atoms with Crippen LogP contribution in [0.4, 0.5) is 0 Å². The Morgan fingerprint density at radius 1 is 1.07 bits per heavy atom. The molecule has 0 spiro atoms. The Morgan fingerprint density at radius 3 is 2.38 bits per heavy atom. The van der Waals surface area contributed by atoms with Crippen molar-refractivity contribution in [2.24, 2.45) is 52.8 Å². The topological polar surface area (TPSA) is 120 Å². The van der Waals surface area contributed by atoms with Crippen molar-refractivity contribution in [1.82, 2.24) is 20.6 Å². The number of carbonyl (C=O) groups excluding carboxylic acids is 3. The van der Waals surface area contributed by atoms with Crippen molar-refractivity contribution in [3.05, 3.63) is 0 Å². The van der Waals surface area contributed by atoms with E-state index in [4.69, 9.17) is 9.57 Å². The van der Waals surface area contributed by atoms with Crippen LogP contribution in [0.5, 0.6) is 0 Å². The van der Waals surface area contributed by atoms with Crippen LogP contribution in [0.1, 0.15) is 79.1 Å². The second kappa shape index (κ2) is 13.9. The monoisotopic (exact) mass is 632 g/mol. The van der Waals surface area contributed by atoms with Crippen LogP contribution in [0, 0.1) is 52.8 Å². The molecule has 256 valence electrons. The molecular weight excluding hydrogens is 572 g/mol. The fourth-order valence-corrected chi connectivity index (χ4v) is 10.5. The number of amides is 2. The highest BCUT2D eigenvalue weighted by atomic mass is 16.7. The molecule has 3 N–H and O–H groups in total. The summed E-state index contributed by atoms with van der Waals surface area (Å²) in [6.07, 6.45) is 7.13. The number of ether oxygens (including phenoxy) is 1. The van der Waals surface area contributed by atoms with Crippen LogP contribution in [0.3, 0.4) is 0 Å². The summed E-state index contributed by atoms with van der Waals surface area (Å²) in [7, 11) is 7.70. The van der Waals surface area contributed by atoms with Gasteiger partial charge in [0, 0.05) is 44.6 Å². The number of nitrogens with one attached hydrogen (secondary N) is 2. The summed E-state index contributed by atoms with van der Waals surface area (Å²) in [6, 6.07) is -0.382. The quantitative estimate of drug-likeness (QED) is 0.337. The minimum atomic E-state index is -0.790. The average Bonchev–Trinajstić information content (AvgIpc) is 3.39. The minimum Gasteiger partial charge on any atom is -0.394 e. The zero-order chi connectivity index (χ0) is 32.8. The summed E-state index contributed by atoms with van der Waals surface area (Å²) in [5.74, 6) is 1.34. The molecule has 0 aromatic rings. The number of fused-ring (bicyclic) bond motifs is 2. The van der Waals surface area contributed by atoms with Gasteiger partial charge in [-0.2, -0.15) is 5.06 Å². The van der Waals surface area contributed by atoms with Crippen LogP contribution in [-0.2, 0) is 24.0 Å². The molecule has 0 radical (unpaired) electrons. The fraction of sp³-hybridized carbons (Fsp3) is 0.914. The van der Waals surface area contributed by atoms with Crippen molar-refractivity contribution >= 4 is 17.6 Å². The smallest absolute Gasteiger partial charge is 0.240 e. The predicted octanol–water partition coefficient (Wildman–Crippen LogP) is 2.88. The van der Waals surface area contributed by atoms with Crippen molar-refractivity contribution < 1.29 is 29.1 Å². The predicted molar refractivity (Wildman–Crippen MR) is 172 cm³/mol. The van der Waals surface area contributed by atoms with E-state index < -0.39 is 18.1 Å². The van der Waals surface area contributed by atoms with Gasteiger partial charge in [0.1, 0.15) is 17.9 Å². The normalized spacial score (nSPS) is 43.0. The molecule has 1 heterocycles. The maximum atomic E-state index is 14.1. The van der Waals surface area contributed by atoms with Gasteiger partial charge in [0.15, 0.2) is 0 Å².